The third kappa shape index (κ3) is 4.21. The van der Waals surface area contributed by atoms with Crippen molar-refractivity contribution < 1.29 is 27.2 Å². The monoisotopic (exact) mass is 362 g/mol. The first-order chi connectivity index (χ1) is 11.2. The van der Waals surface area contributed by atoms with Gasteiger partial charge in [-0.2, -0.15) is 13.2 Å². The molecule has 1 amide bonds. The van der Waals surface area contributed by atoms with Crippen molar-refractivity contribution in [3.8, 4) is 0 Å². The van der Waals surface area contributed by atoms with Gasteiger partial charge in [0.05, 0.1) is 16.3 Å². The van der Waals surface area contributed by atoms with Crippen LogP contribution in [-0.2, 0) is 17.6 Å². The lowest BCUT2D eigenvalue weighted by molar-refractivity contribution is -0.137. The second-order valence-corrected chi connectivity index (χ2v) is 5.19. The second-order valence-electron chi connectivity index (χ2n) is 4.78. The average molecular weight is 363 g/mol. The Morgan fingerprint density at radius 1 is 1.38 bits per heavy atom. The third-order valence-electron chi connectivity index (χ3n) is 3.13. The average Bonchev–Trinajstić information content (AvgIpc) is 2.50. The van der Waals surface area contributed by atoms with E-state index in [4.69, 9.17) is 16.4 Å². The SMILES string of the molecule is Cc1c(F)cccc1C(=O)NOCc1ncc(C(F)(F)F)cc1Cl. The summed E-state index contributed by atoms with van der Waals surface area (Å²) >= 11 is 5.71. The quantitative estimate of drug-likeness (QED) is 0.659. The van der Waals surface area contributed by atoms with E-state index in [-0.39, 0.29) is 28.5 Å². The molecule has 0 aliphatic rings. The molecular formula is C15H11ClF4N2O2. The van der Waals surface area contributed by atoms with Crippen molar-refractivity contribution in [1.29, 1.82) is 0 Å². The molecule has 2 rings (SSSR count). The molecule has 0 atom stereocenters. The fourth-order valence-corrected chi connectivity index (χ4v) is 2.03. The van der Waals surface area contributed by atoms with Crippen LogP contribution in [0.3, 0.4) is 0 Å². The van der Waals surface area contributed by atoms with E-state index in [0.29, 0.717) is 12.3 Å². The Bertz CT molecular complexity index is 766. The Balaban J connectivity index is 1.99. The standard InChI is InChI=1S/C15H11ClF4N2O2/c1-8-10(3-2-4-12(8)17)14(23)22-24-7-13-11(16)5-9(6-21-13)15(18,19)20/h2-6H,7H2,1H3,(H,22,23). The fraction of sp³-hybridized carbons (Fsp3) is 0.200. The van der Waals surface area contributed by atoms with Gasteiger partial charge in [-0.3, -0.25) is 14.6 Å². The number of benzene rings is 1. The van der Waals surface area contributed by atoms with Crippen molar-refractivity contribution >= 4 is 17.5 Å². The van der Waals surface area contributed by atoms with Crippen LogP contribution < -0.4 is 5.48 Å². The predicted octanol–water partition coefficient (Wildman–Crippen LogP) is 4.06. The zero-order chi connectivity index (χ0) is 17.9. The summed E-state index contributed by atoms with van der Waals surface area (Å²) in [6.07, 6.45) is -3.94. The molecule has 0 bridgehead atoms. The number of amides is 1. The van der Waals surface area contributed by atoms with Crippen LogP contribution in [0.2, 0.25) is 5.02 Å². The molecule has 2 aromatic rings. The molecule has 0 radical (unpaired) electrons. The van der Waals surface area contributed by atoms with Gasteiger partial charge < -0.3 is 0 Å². The van der Waals surface area contributed by atoms with Crippen LogP contribution in [0.25, 0.3) is 0 Å². The number of pyridine rings is 1. The summed E-state index contributed by atoms with van der Waals surface area (Å²) < 4.78 is 50.9. The number of hydrogen-bond acceptors (Lipinski definition) is 3. The highest BCUT2D eigenvalue weighted by molar-refractivity contribution is 6.31. The maximum absolute atomic E-state index is 13.4. The van der Waals surface area contributed by atoms with E-state index in [9.17, 15) is 22.4 Å². The Labute approximate surface area is 139 Å². The smallest absolute Gasteiger partial charge is 0.267 e. The molecule has 0 aliphatic heterocycles. The van der Waals surface area contributed by atoms with Crippen molar-refractivity contribution in [2.75, 3.05) is 0 Å². The summed E-state index contributed by atoms with van der Waals surface area (Å²) in [4.78, 5) is 20.3. The van der Waals surface area contributed by atoms with Gasteiger partial charge in [0, 0.05) is 11.8 Å². The van der Waals surface area contributed by atoms with Crippen LogP contribution in [0.5, 0.6) is 0 Å². The molecule has 0 aliphatic carbocycles. The van der Waals surface area contributed by atoms with Crippen molar-refractivity contribution in [2.24, 2.45) is 0 Å². The first-order valence-electron chi connectivity index (χ1n) is 6.59. The molecule has 24 heavy (non-hydrogen) atoms. The molecule has 0 unspecified atom stereocenters. The number of alkyl halides is 3. The van der Waals surface area contributed by atoms with Crippen LogP contribution in [0.4, 0.5) is 17.6 Å². The van der Waals surface area contributed by atoms with E-state index in [0.717, 1.165) is 0 Å². The minimum absolute atomic E-state index is 0.0148. The Morgan fingerprint density at radius 3 is 2.71 bits per heavy atom. The summed E-state index contributed by atoms with van der Waals surface area (Å²) in [5.74, 6) is -1.25. The van der Waals surface area contributed by atoms with Gasteiger partial charge in [-0.25, -0.2) is 9.87 Å². The van der Waals surface area contributed by atoms with Gasteiger partial charge in [-0.1, -0.05) is 17.7 Å². The van der Waals surface area contributed by atoms with Gasteiger partial charge in [0.1, 0.15) is 12.4 Å². The van der Waals surface area contributed by atoms with E-state index in [2.05, 4.69) is 10.5 Å². The van der Waals surface area contributed by atoms with Crippen LogP contribution in [0.1, 0.15) is 27.2 Å². The van der Waals surface area contributed by atoms with Gasteiger partial charge in [-0.15, -0.1) is 0 Å². The topological polar surface area (TPSA) is 51.2 Å². The molecule has 1 aromatic heterocycles. The fourth-order valence-electron chi connectivity index (χ4n) is 1.81. The number of carbonyl (C=O) groups excluding carboxylic acids is 1. The molecule has 0 saturated heterocycles. The number of nitrogens with zero attached hydrogens (tertiary/aromatic N) is 1. The van der Waals surface area contributed by atoms with E-state index >= 15 is 0 Å². The molecule has 0 spiro atoms. The van der Waals surface area contributed by atoms with Gasteiger partial charge in [0.25, 0.3) is 5.91 Å². The van der Waals surface area contributed by atoms with E-state index in [1.807, 2.05) is 0 Å². The molecule has 4 nitrogen and oxygen atoms in total. The maximum Gasteiger partial charge on any atom is 0.417 e. The first kappa shape index (κ1) is 18.2. The third-order valence-corrected chi connectivity index (χ3v) is 3.46. The van der Waals surface area contributed by atoms with Gasteiger partial charge >= 0.3 is 6.18 Å². The Morgan fingerprint density at radius 2 is 2.08 bits per heavy atom. The van der Waals surface area contributed by atoms with Crippen LogP contribution in [-0.4, -0.2) is 10.9 Å². The highest BCUT2D eigenvalue weighted by atomic mass is 35.5. The predicted molar refractivity (Wildman–Crippen MR) is 77.6 cm³/mol. The van der Waals surface area contributed by atoms with E-state index in [1.54, 1.807) is 0 Å². The van der Waals surface area contributed by atoms with Crippen LogP contribution >= 0.6 is 11.6 Å². The normalized spacial score (nSPS) is 11.4. The largest absolute Gasteiger partial charge is 0.417 e. The summed E-state index contributed by atoms with van der Waals surface area (Å²) in [5, 5.41) is -0.249. The molecule has 1 aromatic carbocycles. The Hall–Kier alpha value is -2.19. The lowest BCUT2D eigenvalue weighted by Crippen LogP contribution is -2.25. The van der Waals surface area contributed by atoms with Gasteiger partial charge in [0.2, 0.25) is 0 Å². The highest BCUT2D eigenvalue weighted by Crippen LogP contribution is 2.31. The molecule has 1 N–H and O–H groups in total. The lowest BCUT2D eigenvalue weighted by Gasteiger charge is -2.10. The number of halogens is 5. The van der Waals surface area contributed by atoms with Crippen LogP contribution in [0, 0.1) is 12.7 Å². The Kier molecular flexibility index (Phi) is 5.40. The number of aromatic nitrogens is 1. The summed E-state index contributed by atoms with van der Waals surface area (Å²) in [6, 6.07) is 4.69. The number of nitrogens with one attached hydrogen (secondary N) is 1. The van der Waals surface area contributed by atoms with Gasteiger partial charge in [-0.05, 0) is 30.7 Å². The van der Waals surface area contributed by atoms with Crippen molar-refractivity contribution in [1.82, 2.24) is 10.5 Å². The zero-order valence-corrected chi connectivity index (χ0v) is 13.0. The van der Waals surface area contributed by atoms with Crippen LogP contribution in [0.15, 0.2) is 30.5 Å². The number of carbonyl (C=O) groups is 1. The number of hydroxylamine groups is 1. The first-order valence-corrected chi connectivity index (χ1v) is 6.97. The number of hydrogen-bond donors (Lipinski definition) is 1. The zero-order valence-electron chi connectivity index (χ0n) is 12.2. The van der Waals surface area contributed by atoms with E-state index in [1.165, 1.54) is 25.1 Å². The minimum Gasteiger partial charge on any atom is -0.267 e. The lowest BCUT2D eigenvalue weighted by atomic mass is 10.1. The highest BCUT2D eigenvalue weighted by Gasteiger charge is 2.31. The molecule has 0 saturated carbocycles. The molecule has 0 fully saturated rings. The van der Waals surface area contributed by atoms with Gasteiger partial charge in [0.15, 0.2) is 0 Å². The summed E-state index contributed by atoms with van der Waals surface area (Å²) in [6.45, 7) is 1.08. The number of rotatable bonds is 4. The molecule has 9 heteroatoms. The van der Waals surface area contributed by atoms with Crippen molar-refractivity contribution in [3.05, 3.63) is 63.7 Å². The summed E-state index contributed by atoms with van der Waals surface area (Å²) in [7, 11) is 0. The molecule has 1 heterocycles. The summed E-state index contributed by atoms with van der Waals surface area (Å²) in [5.41, 5.74) is 1.30. The maximum atomic E-state index is 13.4. The minimum atomic E-state index is -4.56. The molecule has 128 valence electrons. The van der Waals surface area contributed by atoms with Crippen molar-refractivity contribution in [2.45, 2.75) is 19.7 Å². The second kappa shape index (κ2) is 7.14. The van der Waals surface area contributed by atoms with E-state index < -0.39 is 23.5 Å². The van der Waals surface area contributed by atoms with Crippen molar-refractivity contribution in [3.63, 3.8) is 0 Å². The molecular weight excluding hydrogens is 352 g/mol.